The Morgan fingerprint density at radius 2 is 1.47 bits per heavy atom. The molecule has 0 amide bonds. The van der Waals surface area contributed by atoms with E-state index in [0.29, 0.717) is 12.0 Å². The molecule has 158 valence electrons. The van der Waals surface area contributed by atoms with Crippen molar-refractivity contribution in [2.45, 2.75) is 28.0 Å². The van der Waals surface area contributed by atoms with Gasteiger partial charge in [0.05, 0.1) is 14.7 Å². The number of hydrogen-bond donors (Lipinski definition) is 1. The van der Waals surface area contributed by atoms with Crippen LogP contribution in [0, 0.1) is 12.7 Å². The molecule has 3 aromatic carbocycles. The molecule has 9 heteroatoms. The third kappa shape index (κ3) is 5.15. The molecular weight excluding hydrogens is 493 g/mol. The second-order valence-corrected chi connectivity index (χ2v) is 11.3. The molecule has 0 aromatic heterocycles. The average molecular weight is 512 g/mol. The van der Waals surface area contributed by atoms with Crippen molar-refractivity contribution in [2.24, 2.45) is 0 Å². The summed E-state index contributed by atoms with van der Waals surface area (Å²) in [5, 5.41) is 0. The summed E-state index contributed by atoms with van der Waals surface area (Å²) in [5.74, 6) is -0.559. The minimum absolute atomic E-state index is 0.110. The first kappa shape index (κ1) is 22.6. The zero-order valence-electron chi connectivity index (χ0n) is 16.0. The number of sulfone groups is 1. The molecule has 0 aliphatic rings. The molecule has 1 N–H and O–H groups in total. The van der Waals surface area contributed by atoms with Gasteiger partial charge in [-0.2, -0.15) is 0 Å². The Bertz CT molecular complexity index is 1260. The highest BCUT2D eigenvalue weighted by atomic mass is 79.9. The van der Waals surface area contributed by atoms with Crippen LogP contribution in [-0.2, 0) is 26.3 Å². The van der Waals surface area contributed by atoms with Crippen LogP contribution in [0.4, 0.5) is 4.39 Å². The smallest absolute Gasteiger partial charge is 0.219 e. The molecule has 5 nitrogen and oxygen atoms in total. The monoisotopic (exact) mass is 511 g/mol. The Morgan fingerprint density at radius 3 is 2.10 bits per heavy atom. The van der Waals surface area contributed by atoms with E-state index in [4.69, 9.17) is 0 Å². The van der Waals surface area contributed by atoms with E-state index in [0.717, 1.165) is 40.4 Å². The molecule has 0 heterocycles. The van der Waals surface area contributed by atoms with E-state index in [9.17, 15) is 21.2 Å². The summed E-state index contributed by atoms with van der Waals surface area (Å²) < 4.78 is 67.8. The summed E-state index contributed by atoms with van der Waals surface area (Å²) in [5.41, 5.74) is 1.38. The first-order chi connectivity index (χ1) is 14.1. The Labute approximate surface area is 184 Å². The second kappa shape index (κ2) is 8.97. The SMILES string of the molecule is Cc1ccc(S(=O)(=O)c2ccc(F)cc2)cc1S(=O)(=O)NCCc1ccc(Br)cc1. The Morgan fingerprint density at radius 1 is 0.867 bits per heavy atom. The van der Waals surface area contributed by atoms with Crippen molar-refractivity contribution >= 4 is 35.8 Å². The zero-order chi connectivity index (χ0) is 21.9. The average Bonchev–Trinajstić information content (AvgIpc) is 2.70. The molecule has 0 radical (unpaired) electrons. The number of nitrogens with one attached hydrogen (secondary N) is 1. The van der Waals surface area contributed by atoms with Crippen LogP contribution in [0.5, 0.6) is 0 Å². The molecule has 0 aliphatic carbocycles. The minimum Gasteiger partial charge on any atom is -0.219 e. The van der Waals surface area contributed by atoms with Gasteiger partial charge in [-0.05, 0) is 73.0 Å². The van der Waals surface area contributed by atoms with Crippen LogP contribution in [0.2, 0.25) is 0 Å². The number of hydrogen-bond acceptors (Lipinski definition) is 4. The van der Waals surface area contributed by atoms with Crippen molar-refractivity contribution < 1.29 is 21.2 Å². The van der Waals surface area contributed by atoms with Crippen LogP contribution in [-0.4, -0.2) is 23.4 Å². The van der Waals surface area contributed by atoms with E-state index in [-0.39, 0.29) is 21.2 Å². The number of sulfonamides is 1. The molecule has 0 spiro atoms. The maximum atomic E-state index is 13.1. The van der Waals surface area contributed by atoms with Gasteiger partial charge in [0, 0.05) is 11.0 Å². The Balaban J connectivity index is 1.84. The lowest BCUT2D eigenvalue weighted by atomic mass is 10.2. The fraction of sp³-hybridized carbons (Fsp3) is 0.143. The molecule has 3 rings (SSSR count). The summed E-state index contributed by atoms with van der Waals surface area (Å²) >= 11 is 3.35. The molecule has 3 aromatic rings. The second-order valence-electron chi connectivity index (χ2n) is 6.66. The van der Waals surface area contributed by atoms with E-state index < -0.39 is 25.7 Å². The van der Waals surface area contributed by atoms with Crippen molar-refractivity contribution in [2.75, 3.05) is 6.54 Å². The van der Waals surface area contributed by atoms with Gasteiger partial charge >= 0.3 is 0 Å². The third-order valence-electron chi connectivity index (χ3n) is 4.50. The minimum atomic E-state index is -3.99. The van der Waals surface area contributed by atoms with Crippen molar-refractivity contribution in [3.63, 3.8) is 0 Å². The maximum Gasteiger partial charge on any atom is 0.240 e. The lowest BCUT2D eigenvalue weighted by Gasteiger charge is -2.12. The summed E-state index contributed by atoms with van der Waals surface area (Å²) in [7, 11) is -7.91. The van der Waals surface area contributed by atoms with E-state index in [1.54, 1.807) is 6.92 Å². The van der Waals surface area contributed by atoms with Crippen LogP contribution < -0.4 is 4.72 Å². The van der Waals surface area contributed by atoms with E-state index in [2.05, 4.69) is 20.7 Å². The Kier molecular flexibility index (Phi) is 6.76. The van der Waals surface area contributed by atoms with Gasteiger partial charge in [-0.1, -0.05) is 34.1 Å². The van der Waals surface area contributed by atoms with Gasteiger partial charge in [-0.3, -0.25) is 0 Å². The van der Waals surface area contributed by atoms with Gasteiger partial charge in [0.2, 0.25) is 19.9 Å². The van der Waals surface area contributed by atoms with E-state index in [1.165, 1.54) is 12.1 Å². The number of aryl methyl sites for hydroxylation is 1. The highest BCUT2D eigenvalue weighted by Gasteiger charge is 2.23. The third-order valence-corrected chi connectivity index (χ3v) is 8.40. The topological polar surface area (TPSA) is 80.3 Å². The summed E-state index contributed by atoms with van der Waals surface area (Å²) in [6.45, 7) is 1.76. The number of halogens is 2. The van der Waals surface area contributed by atoms with Crippen molar-refractivity contribution in [3.05, 3.63) is 88.1 Å². The molecular formula is C21H19BrFNO4S2. The quantitative estimate of drug-likeness (QED) is 0.480. The van der Waals surface area contributed by atoms with Crippen molar-refractivity contribution in [3.8, 4) is 0 Å². The van der Waals surface area contributed by atoms with Crippen molar-refractivity contribution in [1.82, 2.24) is 4.72 Å². The number of benzene rings is 3. The molecule has 0 saturated carbocycles. The van der Waals surface area contributed by atoms with Crippen LogP contribution >= 0.6 is 15.9 Å². The van der Waals surface area contributed by atoms with Gasteiger partial charge in [0.25, 0.3) is 0 Å². The first-order valence-electron chi connectivity index (χ1n) is 8.95. The van der Waals surface area contributed by atoms with E-state index >= 15 is 0 Å². The molecule has 0 aliphatic heterocycles. The predicted molar refractivity (Wildman–Crippen MR) is 116 cm³/mol. The predicted octanol–water partition coefficient (Wildman–Crippen LogP) is 4.25. The molecule has 30 heavy (non-hydrogen) atoms. The van der Waals surface area contributed by atoms with Crippen LogP contribution in [0.25, 0.3) is 0 Å². The van der Waals surface area contributed by atoms with Crippen LogP contribution in [0.1, 0.15) is 11.1 Å². The molecule has 0 atom stereocenters. The van der Waals surface area contributed by atoms with Gasteiger partial charge in [0.15, 0.2) is 0 Å². The summed E-state index contributed by atoms with van der Waals surface area (Å²) in [6, 6.07) is 15.8. The van der Waals surface area contributed by atoms with Crippen LogP contribution in [0.3, 0.4) is 0 Å². The van der Waals surface area contributed by atoms with Crippen molar-refractivity contribution in [1.29, 1.82) is 0 Å². The summed E-state index contributed by atoms with van der Waals surface area (Å²) in [4.78, 5) is -0.395. The molecule has 0 fully saturated rings. The fourth-order valence-corrected chi connectivity index (χ4v) is 5.77. The Hall–Kier alpha value is -2.07. The molecule has 0 saturated heterocycles. The largest absolute Gasteiger partial charge is 0.240 e. The highest BCUT2D eigenvalue weighted by Crippen LogP contribution is 2.25. The zero-order valence-corrected chi connectivity index (χ0v) is 19.2. The highest BCUT2D eigenvalue weighted by molar-refractivity contribution is 9.10. The first-order valence-corrected chi connectivity index (χ1v) is 12.7. The number of rotatable bonds is 7. The van der Waals surface area contributed by atoms with Gasteiger partial charge < -0.3 is 0 Å². The lowest BCUT2D eigenvalue weighted by molar-refractivity contribution is 0.580. The van der Waals surface area contributed by atoms with Gasteiger partial charge in [-0.15, -0.1) is 0 Å². The normalized spacial score (nSPS) is 12.1. The summed E-state index contributed by atoms with van der Waals surface area (Å²) in [6.07, 6.45) is 0.485. The van der Waals surface area contributed by atoms with E-state index in [1.807, 2.05) is 24.3 Å². The molecule has 0 unspecified atom stereocenters. The van der Waals surface area contributed by atoms with Crippen LogP contribution in [0.15, 0.2) is 85.9 Å². The van der Waals surface area contributed by atoms with Gasteiger partial charge in [-0.25, -0.2) is 25.9 Å². The fourth-order valence-electron chi connectivity index (χ4n) is 2.85. The molecule has 0 bridgehead atoms. The lowest BCUT2D eigenvalue weighted by Crippen LogP contribution is -2.27. The standard InChI is InChI=1S/C21H19BrFNO4S2/c1-15-2-9-20(29(25,26)19-10-7-18(23)8-11-19)14-21(15)30(27,28)24-13-12-16-3-5-17(22)6-4-16/h2-11,14,24H,12-13H2,1H3. The maximum absolute atomic E-state index is 13.1. The van der Waals surface area contributed by atoms with Gasteiger partial charge in [0.1, 0.15) is 5.82 Å².